The van der Waals surface area contributed by atoms with Crippen LogP contribution in [-0.4, -0.2) is 20.4 Å². The number of aryl methyl sites for hydroxylation is 3. The Morgan fingerprint density at radius 3 is 2.55 bits per heavy atom. The largest absolute Gasteiger partial charge is 0.330 e. The van der Waals surface area contributed by atoms with Crippen LogP contribution in [-0.2, 0) is 13.0 Å². The van der Waals surface area contributed by atoms with Gasteiger partial charge < -0.3 is 5.32 Å². The molecule has 8 heteroatoms. The summed E-state index contributed by atoms with van der Waals surface area (Å²) in [5.74, 6) is -0.443. The van der Waals surface area contributed by atoms with Gasteiger partial charge in [-0.1, -0.05) is 54.1 Å². The second-order valence-corrected chi connectivity index (χ2v) is 7.48. The number of nitrogens with one attached hydrogen (secondary N) is 2. The fourth-order valence-electron chi connectivity index (χ4n) is 3.37. The second-order valence-electron chi connectivity index (χ2n) is 7.07. The number of hydrogen-bond acceptors (Lipinski definition) is 4. The van der Waals surface area contributed by atoms with Crippen LogP contribution >= 0.6 is 11.6 Å². The summed E-state index contributed by atoms with van der Waals surface area (Å²) in [4.78, 5) is 44.5. The third-order valence-corrected chi connectivity index (χ3v) is 5.32. The third kappa shape index (κ3) is 4.27. The maximum absolute atomic E-state index is 12.8. The number of carbonyl (C=O) groups excluding carboxylic acids is 1. The van der Waals surface area contributed by atoms with Crippen molar-refractivity contribution in [3.63, 3.8) is 0 Å². The summed E-state index contributed by atoms with van der Waals surface area (Å²) in [6.45, 7) is 2.00. The summed E-state index contributed by atoms with van der Waals surface area (Å²) in [6.07, 6.45) is 0.595. The Labute approximate surface area is 182 Å². The maximum atomic E-state index is 12.8. The lowest BCUT2D eigenvalue weighted by molar-refractivity contribution is 0.102. The molecule has 2 heterocycles. The van der Waals surface area contributed by atoms with Gasteiger partial charge in [-0.2, -0.15) is 0 Å². The number of carbonyl (C=O) groups is 1. The molecule has 0 aliphatic rings. The van der Waals surface area contributed by atoms with Crippen LogP contribution in [0, 0.1) is 6.92 Å². The lowest BCUT2D eigenvalue weighted by Crippen LogP contribution is -2.32. The van der Waals surface area contributed by atoms with Crippen LogP contribution in [0.15, 0.2) is 70.3 Å². The number of hydrogen-bond donors (Lipinski definition) is 2. The van der Waals surface area contributed by atoms with E-state index in [1.54, 1.807) is 31.2 Å². The highest BCUT2D eigenvalue weighted by Crippen LogP contribution is 2.22. The number of amides is 1. The van der Waals surface area contributed by atoms with Crippen molar-refractivity contribution in [2.45, 2.75) is 19.9 Å². The van der Waals surface area contributed by atoms with Crippen molar-refractivity contribution >= 4 is 34.2 Å². The van der Waals surface area contributed by atoms with E-state index in [0.29, 0.717) is 29.4 Å². The van der Waals surface area contributed by atoms with E-state index >= 15 is 0 Å². The summed E-state index contributed by atoms with van der Waals surface area (Å²) in [5.41, 5.74) is 1.26. The van der Waals surface area contributed by atoms with Gasteiger partial charge in [-0.25, -0.2) is 9.78 Å². The highest BCUT2D eigenvalue weighted by molar-refractivity contribution is 6.33. The molecule has 2 aromatic heterocycles. The molecule has 1 amide bonds. The van der Waals surface area contributed by atoms with Gasteiger partial charge in [0.05, 0.1) is 27.4 Å². The molecule has 0 spiro atoms. The van der Waals surface area contributed by atoms with E-state index in [0.717, 1.165) is 5.56 Å². The number of benzene rings is 2. The van der Waals surface area contributed by atoms with Gasteiger partial charge in [0.1, 0.15) is 5.65 Å². The van der Waals surface area contributed by atoms with E-state index in [2.05, 4.69) is 15.3 Å². The second kappa shape index (κ2) is 8.57. The van der Waals surface area contributed by atoms with Gasteiger partial charge in [-0.3, -0.25) is 19.1 Å². The zero-order valence-corrected chi connectivity index (χ0v) is 17.4. The summed E-state index contributed by atoms with van der Waals surface area (Å²) in [7, 11) is 0. The van der Waals surface area contributed by atoms with Crippen LogP contribution in [0.3, 0.4) is 0 Å². The number of H-pyrrole nitrogens is 1. The summed E-state index contributed by atoms with van der Waals surface area (Å²) >= 11 is 6.12. The Bertz CT molecular complexity index is 1390. The van der Waals surface area contributed by atoms with Crippen LogP contribution in [0.25, 0.3) is 11.0 Å². The number of anilines is 1. The topological polar surface area (TPSA) is 96.8 Å². The standard InChI is InChI=1S/C23H19ClN4O3/c1-14-16(21(29)26-19-10-6-5-9-18(19)24)13-17-20(25-14)28(23(31)27-22(17)30)12-11-15-7-3-2-4-8-15/h2-10,13H,11-12H2,1H3,(H,26,29)(H,27,30,31). The summed E-state index contributed by atoms with van der Waals surface area (Å²) in [5, 5.41) is 3.30. The predicted molar refractivity (Wildman–Crippen MR) is 121 cm³/mol. The zero-order valence-electron chi connectivity index (χ0n) is 16.7. The Morgan fingerprint density at radius 2 is 1.81 bits per heavy atom. The number of rotatable bonds is 5. The molecule has 4 aromatic rings. The molecule has 0 radical (unpaired) electrons. The molecule has 0 saturated heterocycles. The molecule has 2 aromatic carbocycles. The molecule has 0 unspecified atom stereocenters. The lowest BCUT2D eigenvalue weighted by atomic mass is 10.1. The van der Waals surface area contributed by atoms with Crippen molar-refractivity contribution in [2.75, 3.05) is 5.32 Å². The van der Waals surface area contributed by atoms with Gasteiger partial charge in [0.15, 0.2) is 0 Å². The molecular formula is C23H19ClN4O3. The summed E-state index contributed by atoms with van der Waals surface area (Å²) in [6, 6.07) is 18.0. The Kier molecular flexibility index (Phi) is 5.68. The predicted octanol–water partition coefficient (Wildman–Crippen LogP) is 3.54. The van der Waals surface area contributed by atoms with Crippen LogP contribution < -0.4 is 16.6 Å². The molecule has 156 valence electrons. The highest BCUT2D eigenvalue weighted by atomic mass is 35.5. The Hall–Kier alpha value is -3.71. The average molecular weight is 435 g/mol. The van der Waals surface area contributed by atoms with Gasteiger partial charge in [-0.05, 0) is 37.1 Å². The number of para-hydroxylation sites is 1. The molecule has 4 rings (SSSR count). The van der Waals surface area contributed by atoms with E-state index < -0.39 is 17.2 Å². The minimum Gasteiger partial charge on any atom is -0.321 e. The molecule has 0 fully saturated rings. The van der Waals surface area contributed by atoms with Crippen LogP contribution in [0.5, 0.6) is 0 Å². The smallest absolute Gasteiger partial charge is 0.321 e. The molecule has 2 N–H and O–H groups in total. The quantitative estimate of drug-likeness (QED) is 0.502. The van der Waals surface area contributed by atoms with Crippen LogP contribution in [0.4, 0.5) is 5.69 Å². The first kappa shape index (κ1) is 20.6. The van der Waals surface area contributed by atoms with Crippen LogP contribution in [0.1, 0.15) is 21.6 Å². The zero-order chi connectivity index (χ0) is 22.0. The number of nitrogens with zero attached hydrogens (tertiary/aromatic N) is 2. The molecule has 0 bridgehead atoms. The van der Waals surface area contributed by atoms with Gasteiger partial charge in [0.25, 0.3) is 11.5 Å². The van der Waals surface area contributed by atoms with E-state index in [1.165, 1.54) is 10.6 Å². The lowest BCUT2D eigenvalue weighted by Gasteiger charge is -2.12. The number of fused-ring (bicyclic) bond motifs is 1. The SMILES string of the molecule is Cc1nc2c(cc1C(=O)Nc1ccccc1Cl)c(=O)[nH]c(=O)n2CCc1ccccc1. The number of aromatic amines is 1. The van der Waals surface area contributed by atoms with Crippen molar-refractivity contribution in [3.05, 3.63) is 103 Å². The van der Waals surface area contributed by atoms with E-state index in [1.807, 2.05) is 30.3 Å². The Balaban J connectivity index is 1.73. The van der Waals surface area contributed by atoms with Gasteiger partial charge in [0.2, 0.25) is 0 Å². The van der Waals surface area contributed by atoms with Crippen LogP contribution in [0.2, 0.25) is 5.02 Å². The molecule has 0 saturated carbocycles. The number of aromatic nitrogens is 3. The van der Waals surface area contributed by atoms with Gasteiger partial charge >= 0.3 is 5.69 Å². The normalized spacial score (nSPS) is 10.9. The first-order valence-electron chi connectivity index (χ1n) is 9.68. The number of halogens is 1. The summed E-state index contributed by atoms with van der Waals surface area (Å²) < 4.78 is 1.42. The molecular weight excluding hydrogens is 416 g/mol. The van der Waals surface area contributed by atoms with Crippen molar-refractivity contribution < 1.29 is 4.79 Å². The van der Waals surface area contributed by atoms with E-state index in [9.17, 15) is 14.4 Å². The molecule has 0 atom stereocenters. The fourth-order valence-corrected chi connectivity index (χ4v) is 3.55. The van der Waals surface area contributed by atoms with E-state index in [4.69, 9.17) is 11.6 Å². The number of pyridine rings is 1. The third-order valence-electron chi connectivity index (χ3n) is 4.99. The van der Waals surface area contributed by atoms with Gasteiger partial charge in [-0.15, -0.1) is 0 Å². The minimum absolute atomic E-state index is 0.169. The fraction of sp³-hybridized carbons (Fsp3) is 0.130. The maximum Gasteiger partial charge on any atom is 0.330 e. The molecule has 0 aliphatic heterocycles. The average Bonchev–Trinajstić information content (AvgIpc) is 2.75. The Morgan fingerprint density at radius 1 is 1.10 bits per heavy atom. The van der Waals surface area contributed by atoms with Gasteiger partial charge in [0, 0.05) is 6.54 Å². The van der Waals surface area contributed by atoms with Crippen molar-refractivity contribution in [3.8, 4) is 0 Å². The van der Waals surface area contributed by atoms with E-state index in [-0.39, 0.29) is 16.6 Å². The first-order valence-corrected chi connectivity index (χ1v) is 10.1. The molecule has 7 nitrogen and oxygen atoms in total. The first-order chi connectivity index (χ1) is 14.9. The minimum atomic E-state index is -0.588. The molecule has 0 aliphatic carbocycles. The monoisotopic (exact) mass is 434 g/mol. The van der Waals surface area contributed by atoms with Crippen molar-refractivity contribution in [2.24, 2.45) is 0 Å². The van der Waals surface area contributed by atoms with Crippen molar-refractivity contribution in [1.82, 2.24) is 14.5 Å². The molecule has 31 heavy (non-hydrogen) atoms. The van der Waals surface area contributed by atoms with Crippen molar-refractivity contribution in [1.29, 1.82) is 0 Å². The highest BCUT2D eigenvalue weighted by Gasteiger charge is 2.17.